The van der Waals surface area contributed by atoms with Crippen LogP contribution in [0.3, 0.4) is 0 Å². The zero-order chi connectivity index (χ0) is 20.7. The number of benzene rings is 2. The van der Waals surface area contributed by atoms with Gasteiger partial charge in [0, 0.05) is 19.8 Å². The average molecular weight is 407 g/mol. The van der Waals surface area contributed by atoms with Gasteiger partial charge in [-0.15, -0.1) is 0 Å². The summed E-state index contributed by atoms with van der Waals surface area (Å²) in [5, 5.41) is 2.59. The molecule has 0 saturated heterocycles. The van der Waals surface area contributed by atoms with E-state index in [0.717, 1.165) is 14.7 Å². The summed E-state index contributed by atoms with van der Waals surface area (Å²) < 4.78 is 46.4. The summed E-state index contributed by atoms with van der Waals surface area (Å²) in [7, 11) is -1.47. The van der Waals surface area contributed by atoms with E-state index in [2.05, 4.69) is 11.9 Å². The molecule has 9 heteroatoms. The summed E-state index contributed by atoms with van der Waals surface area (Å²) in [5.41, 5.74) is 0.242. The molecular formula is C19H22FN3O4S. The van der Waals surface area contributed by atoms with E-state index in [1.54, 1.807) is 30.3 Å². The van der Waals surface area contributed by atoms with Crippen molar-refractivity contribution in [2.75, 3.05) is 36.9 Å². The molecule has 28 heavy (non-hydrogen) atoms. The second-order valence-electron chi connectivity index (χ2n) is 5.92. The van der Waals surface area contributed by atoms with Gasteiger partial charge in [-0.1, -0.05) is 24.8 Å². The molecule has 0 heterocycles. The monoisotopic (exact) mass is 407 g/mol. The van der Waals surface area contributed by atoms with Crippen LogP contribution in [0.4, 0.5) is 15.8 Å². The van der Waals surface area contributed by atoms with Gasteiger partial charge in [0.05, 0.1) is 5.69 Å². The van der Waals surface area contributed by atoms with Crippen molar-refractivity contribution in [3.05, 3.63) is 67.0 Å². The first-order valence-electron chi connectivity index (χ1n) is 8.34. The Labute approximate surface area is 164 Å². The lowest BCUT2D eigenvalue weighted by atomic mass is 10.3. The summed E-state index contributed by atoms with van der Waals surface area (Å²) in [6.45, 7) is 3.32. The number of amides is 1. The van der Waals surface area contributed by atoms with Gasteiger partial charge in [-0.25, -0.2) is 8.70 Å². The molecule has 2 aromatic carbocycles. The molecule has 0 aliphatic carbocycles. The van der Waals surface area contributed by atoms with Crippen LogP contribution in [0.15, 0.2) is 61.2 Å². The second-order valence-corrected chi connectivity index (χ2v) is 7.99. The predicted octanol–water partition coefficient (Wildman–Crippen LogP) is 2.64. The molecule has 150 valence electrons. The van der Waals surface area contributed by atoms with Gasteiger partial charge in [0.1, 0.15) is 24.7 Å². The van der Waals surface area contributed by atoms with Crippen molar-refractivity contribution in [1.29, 1.82) is 0 Å². The molecule has 0 bridgehead atoms. The predicted molar refractivity (Wildman–Crippen MR) is 107 cm³/mol. The van der Waals surface area contributed by atoms with E-state index in [1.165, 1.54) is 32.3 Å². The lowest BCUT2D eigenvalue weighted by Gasteiger charge is -2.27. The van der Waals surface area contributed by atoms with E-state index in [1.807, 2.05) is 0 Å². The fourth-order valence-electron chi connectivity index (χ4n) is 2.26. The summed E-state index contributed by atoms with van der Waals surface area (Å²) >= 11 is 0. The molecule has 2 aromatic rings. The fourth-order valence-corrected chi connectivity index (χ4v) is 3.33. The van der Waals surface area contributed by atoms with Gasteiger partial charge in [0.25, 0.3) is 0 Å². The number of rotatable bonds is 9. The van der Waals surface area contributed by atoms with Gasteiger partial charge >= 0.3 is 10.2 Å². The van der Waals surface area contributed by atoms with E-state index >= 15 is 0 Å². The third kappa shape index (κ3) is 5.30. The molecular weight excluding hydrogens is 385 g/mol. The summed E-state index contributed by atoms with van der Waals surface area (Å²) in [4.78, 5) is 12.4. The number of carbonyl (C=O) groups is 1. The molecule has 0 fully saturated rings. The van der Waals surface area contributed by atoms with E-state index in [4.69, 9.17) is 4.74 Å². The Kier molecular flexibility index (Phi) is 7.13. The highest BCUT2D eigenvalue weighted by Gasteiger charge is 2.29. The third-order valence-electron chi connectivity index (χ3n) is 3.65. The summed E-state index contributed by atoms with van der Waals surface area (Å²) in [6.07, 6.45) is 1.61. The highest BCUT2D eigenvalue weighted by atomic mass is 32.2. The number of nitrogens with zero attached hydrogens (tertiary/aromatic N) is 2. The number of carbonyl (C=O) groups excluding carboxylic acids is 1. The van der Waals surface area contributed by atoms with Crippen molar-refractivity contribution >= 4 is 27.5 Å². The number of anilines is 2. The molecule has 0 aliphatic rings. The second kappa shape index (κ2) is 9.34. The van der Waals surface area contributed by atoms with Crippen LogP contribution >= 0.6 is 0 Å². The lowest BCUT2D eigenvalue weighted by Crippen LogP contribution is -2.44. The van der Waals surface area contributed by atoms with Crippen molar-refractivity contribution in [3.63, 3.8) is 0 Å². The number of halogens is 1. The molecule has 0 spiro atoms. The number of nitrogens with one attached hydrogen (secondary N) is 1. The highest BCUT2D eigenvalue weighted by Crippen LogP contribution is 2.23. The minimum absolute atomic E-state index is 0.209. The van der Waals surface area contributed by atoms with Crippen LogP contribution in [0.2, 0.25) is 0 Å². The van der Waals surface area contributed by atoms with Crippen LogP contribution < -0.4 is 14.4 Å². The van der Waals surface area contributed by atoms with Crippen molar-refractivity contribution in [2.24, 2.45) is 0 Å². The maximum absolute atomic E-state index is 14.2. The Morgan fingerprint density at radius 3 is 2.39 bits per heavy atom. The molecule has 7 nitrogen and oxygen atoms in total. The Hall–Kier alpha value is -2.91. The van der Waals surface area contributed by atoms with Crippen molar-refractivity contribution in [2.45, 2.75) is 0 Å². The van der Waals surface area contributed by atoms with Gasteiger partial charge in [-0.3, -0.25) is 4.79 Å². The Balaban J connectivity index is 2.19. The summed E-state index contributed by atoms with van der Waals surface area (Å²) in [5.74, 6) is -0.765. The average Bonchev–Trinajstić information content (AvgIpc) is 2.66. The van der Waals surface area contributed by atoms with Crippen LogP contribution in [-0.2, 0) is 15.0 Å². The molecule has 1 N–H and O–H groups in total. The van der Waals surface area contributed by atoms with Crippen molar-refractivity contribution in [3.8, 4) is 5.75 Å². The van der Waals surface area contributed by atoms with Gasteiger partial charge in [-0.05, 0) is 36.4 Å². The van der Waals surface area contributed by atoms with E-state index in [-0.39, 0.29) is 5.69 Å². The zero-order valence-electron chi connectivity index (χ0n) is 15.6. The lowest BCUT2D eigenvalue weighted by molar-refractivity contribution is -0.114. The minimum Gasteiger partial charge on any atom is -0.490 e. The van der Waals surface area contributed by atoms with Gasteiger partial charge in [-0.2, -0.15) is 12.7 Å². The number of ether oxygens (including phenoxy) is 1. The molecule has 1 amide bonds. The highest BCUT2D eigenvalue weighted by molar-refractivity contribution is 7.90. The standard InChI is InChI=1S/C19H22FN3O4S/c1-4-13-27-16-11-9-15(10-12-16)21-19(24)14-23(28(25,26)22(2)3)18-8-6-5-7-17(18)20/h4-12H,1,13-14H2,2-3H3,(H,21,24). The van der Waals surface area contributed by atoms with E-state index in [0.29, 0.717) is 18.0 Å². The molecule has 0 radical (unpaired) electrons. The topological polar surface area (TPSA) is 79.0 Å². The quantitative estimate of drug-likeness (QED) is 0.648. The van der Waals surface area contributed by atoms with Crippen LogP contribution in [0.5, 0.6) is 5.75 Å². The molecule has 0 aromatic heterocycles. The first-order valence-corrected chi connectivity index (χ1v) is 9.73. The molecule has 0 aliphatic heterocycles. The number of hydrogen-bond acceptors (Lipinski definition) is 4. The van der Waals surface area contributed by atoms with E-state index < -0.39 is 28.5 Å². The largest absolute Gasteiger partial charge is 0.490 e. The number of hydrogen-bond donors (Lipinski definition) is 1. The van der Waals surface area contributed by atoms with Gasteiger partial charge in [0.2, 0.25) is 5.91 Å². The first kappa shape index (κ1) is 21.4. The Morgan fingerprint density at radius 2 is 1.82 bits per heavy atom. The zero-order valence-corrected chi connectivity index (χ0v) is 16.4. The van der Waals surface area contributed by atoms with Crippen molar-refractivity contribution in [1.82, 2.24) is 4.31 Å². The normalized spacial score (nSPS) is 11.1. The Morgan fingerprint density at radius 1 is 1.18 bits per heavy atom. The smallest absolute Gasteiger partial charge is 0.304 e. The van der Waals surface area contributed by atoms with Crippen LogP contribution in [0.1, 0.15) is 0 Å². The maximum Gasteiger partial charge on any atom is 0.304 e. The van der Waals surface area contributed by atoms with Gasteiger partial charge in [0.15, 0.2) is 0 Å². The third-order valence-corrected chi connectivity index (χ3v) is 5.46. The molecule has 0 saturated carbocycles. The SMILES string of the molecule is C=CCOc1ccc(NC(=O)CN(c2ccccc2F)S(=O)(=O)N(C)C)cc1. The van der Waals surface area contributed by atoms with Gasteiger partial charge < -0.3 is 10.1 Å². The van der Waals surface area contributed by atoms with Crippen molar-refractivity contribution < 1.29 is 22.3 Å². The first-order chi connectivity index (χ1) is 13.3. The Bertz CT molecular complexity index is 930. The maximum atomic E-state index is 14.2. The summed E-state index contributed by atoms with van der Waals surface area (Å²) in [6, 6.07) is 11.9. The molecule has 0 atom stereocenters. The van der Waals surface area contributed by atoms with E-state index in [9.17, 15) is 17.6 Å². The van der Waals surface area contributed by atoms with Crippen LogP contribution in [-0.4, -0.2) is 45.9 Å². The fraction of sp³-hybridized carbons (Fsp3) is 0.211. The molecule has 0 unspecified atom stereocenters. The number of para-hydroxylation sites is 1. The molecule has 2 rings (SSSR count). The van der Waals surface area contributed by atoms with Crippen LogP contribution in [0.25, 0.3) is 0 Å². The van der Waals surface area contributed by atoms with Crippen LogP contribution in [0, 0.1) is 5.82 Å². The minimum atomic E-state index is -4.08.